The van der Waals surface area contributed by atoms with Gasteiger partial charge in [-0.1, -0.05) is 30.3 Å². The summed E-state index contributed by atoms with van der Waals surface area (Å²) in [6, 6.07) is 15.3. The highest BCUT2D eigenvalue weighted by molar-refractivity contribution is 9.13. The highest BCUT2D eigenvalue weighted by Gasteiger charge is 2.05. The molecule has 0 saturated carbocycles. The van der Waals surface area contributed by atoms with Gasteiger partial charge in [-0.25, -0.2) is 5.43 Å². The second-order valence-electron chi connectivity index (χ2n) is 4.86. The fourth-order valence-electron chi connectivity index (χ4n) is 2.03. The third-order valence-corrected chi connectivity index (χ3v) is 4.85. The molecule has 0 aliphatic carbocycles. The van der Waals surface area contributed by atoms with Crippen LogP contribution in [0.5, 0.6) is 5.75 Å². The number of fused-ring (bicyclic) bond motifs is 1. The summed E-state index contributed by atoms with van der Waals surface area (Å²) in [5.74, 6) is 0.778. The Kier molecular flexibility index (Phi) is 5.32. The lowest BCUT2D eigenvalue weighted by molar-refractivity contribution is -0.123. The summed E-state index contributed by atoms with van der Waals surface area (Å²) in [5, 5.41) is 6.00. The molecule has 0 fully saturated rings. The Balaban J connectivity index is 1.52. The maximum Gasteiger partial charge on any atom is 0.277 e. The predicted molar refractivity (Wildman–Crippen MR) is 99.3 cm³/mol. The number of hydrogen-bond acceptors (Lipinski definition) is 4. The first kappa shape index (κ1) is 16.7. The lowest BCUT2D eigenvalue weighted by Crippen LogP contribution is -2.24. The number of amides is 1. The van der Waals surface area contributed by atoms with Crippen molar-refractivity contribution in [3.05, 3.63) is 63.4 Å². The van der Waals surface area contributed by atoms with Crippen LogP contribution in [0.4, 0.5) is 0 Å². The Morgan fingerprint density at radius 3 is 2.71 bits per heavy atom. The maximum atomic E-state index is 11.7. The van der Waals surface area contributed by atoms with Crippen molar-refractivity contribution in [2.75, 3.05) is 6.61 Å². The Bertz CT molecular complexity index is 886. The van der Waals surface area contributed by atoms with E-state index in [1.54, 1.807) is 6.07 Å². The van der Waals surface area contributed by atoms with E-state index in [4.69, 9.17) is 9.15 Å². The first-order chi connectivity index (χ1) is 11.6. The zero-order valence-corrected chi connectivity index (χ0v) is 15.5. The van der Waals surface area contributed by atoms with E-state index in [1.807, 2.05) is 42.5 Å². The van der Waals surface area contributed by atoms with E-state index in [2.05, 4.69) is 42.4 Å². The molecule has 0 aliphatic rings. The third-order valence-electron chi connectivity index (χ3n) is 3.14. The SMILES string of the molecule is O=C(COc1ccc2ccccc2c1)N/N=C/c1cc(Br)c(Br)o1. The molecule has 1 aromatic heterocycles. The van der Waals surface area contributed by atoms with Gasteiger partial charge in [-0.15, -0.1) is 0 Å². The molecule has 1 N–H and O–H groups in total. The van der Waals surface area contributed by atoms with Crippen LogP contribution >= 0.6 is 31.9 Å². The fraction of sp³-hybridized carbons (Fsp3) is 0.0588. The van der Waals surface area contributed by atoms with Crippen LogP contribution in [0.1, 0.15) is 5.76 Å². The molecule has 122 valence electrons. The van der Waals surface area contributed by atoms with Crippen molar-refractivity contribution in [2.24, 2.45) is 5.10 Å². The van der Waals surface area contributed by atoms with Gasteiger partial charge in [0.1, 0.15) is 11.5 Å². The number of benzene rings is 2. The van der Waals surface area contributed by atoms with Gasteiger partial charge in [0.2, 0.25) is 0 Å². The highest BCUT2D eigenvalue weighted by Crippen LogP contribution is 2.25. The smallest absolute Gasteiger partial charge is 0.277 e. The van der Waals surface area contributed by atoms with Gasteiger partial charge in [-0.05, 0) is 54.8 Å². The first-order valence-corrected chi connectivity index (χ1v) is 8.59. The molecule has 2 aromatic carbocycles. The lowest BCUT2D eigenvalue weighted by Gasteiger charge is -2.06. The Morgan fingerprint density at radius 1 is 1.17 bits per heavy atom. The summed E-state index contributed by atoms with van der Waals surface area (Å²) in [4.78, 5) is 11.7. The summed E-state index contributed by atoms with van der Waals surface area (Å²) >= 11 is 6.52. The summed E-state index contributed by atoms with van der Waals surface area (Å²) < 4.78 is 12.1. The molecule has 0 saturated heterocycles. The van der Waals surface area contributed by atoms with Gasteiger partial charge < -0.3 is 9.15 Å². The van der Waals surface area contributed by atoms with E-state index in [9.17, 15) is 4.79 Å². The number of carbonyl (C=O) groups is 1. The van der Waals surface area contributed by atoms with Gasteiger partial charge in [0, 0.05) is 6.07 Å². The highest BCUT2D eigenvalue weighted by atomic mass is 79.9. The van der Waals surface area contributed by atoms with Gasteiger partial charge in [-0.3, -0.25) is 4.79 Å². The molecular weight excluding hydrogens is 440 g/mol. The molecule has 7 heteroatoms. The monoisotopic (exact) mass is 450 g/mol. The van der Waals surface area contributed by atoms with Crippen LogP contribution in [0.3, 0.4) is 0 Å². The molecule has 0 aliphatic heterocycles. The first-order valence-electron chi connectivity index (χ1n) is 7.00. The molecule has 1 heterocycles. The van der Waals surface area contributed by atoms with E-state index >= 15 is 0 Å². The van der Waals surface area contributed by atoms with Crippen molar-refractivity contribution in [1.29, 1.82) is 0 Å². The van der Waals surface area contributed by atoms with Gasteiger partial charge in [0.15, 0.2) is 11.3 Å². The quantitative estimate of drug-likeness (QED) is 0.459. The number of nitrogens with zero attached hydrogens (tertiary/aromatic N) is 1. The van der Waals surface area contributed by atoms with Crippen LogP contribution in [0.25, 0.3) is 10.8 Å². The van der Waals surface area contributed by atoms with Crippen molar-refractivity contribution < 1.29 is 13.9 Å². The van der Waals surface area contributed by atoms with Crippen LogP contribution in [-0.4, -0.2) is 18.7 Å². The average molecular weight is 452 g/mol. The second-order valence-corrected chi connectivity index (χ2v) is 6.44. The minimum Gasteiger partial charge on any atom is -0.484 e. The van der Waals surface area contributed by atoms with E-state index in [0.29, 0.717) is 16.2 Å². The molecule has 0 unspecified atom stereocenters. The summed E-state index contributed by atoms with van der Waals surface area (Å²) in [7, 11) is 0. The average Bonchev–Trinajstić information content (AvgIpc) is 2.91. The molecule has 0 bridgehead atoms. The molecule has 24 heavy (non-hydrogen) atoms. The van der Waals surface area contributed by atoms with Crippen LogP contribution < -0.4 is 10.2 Å². The molecule has 3 rings (SSSR count). The van der Waals surface area contributed by atoms with E-state index in [1.165, 1.54) is 6.21 Å². The standard InChI is InChI=1S/C17H12Br2N2O3/c18-15-8-14(24-17(15)19)9-20-21-16(22)10-23-13-6-5-11-3-1-2-4-12(11)7-13/h1-9H,10H2,(H,21,22)/b20-9+. The van der Waals surface area contributed by atoms with E-state index in [-0.39, 0.29) is 12.5 Å². The number of furan rings is 1. The van der Waals surface area contributed by atoms with Crippen LogP contribution in [-0.2, 0) is 4.79 Å². The number of hydrazone groups is 1. The topological polar surface area (TPSA) is 63.8 Å². The van der Waals surface area contributed by atoms with Crippen molar-refractivity contribution in [3.8, 4) is 5.75 Å². The van der Waals surface area contributed by atoms with Gasteiger partial charge in [0.05, 0.1) is 10.7 Å². The number of carbonyl (C=O) groups excluding carboxylic acids is 1. The molecule has 0 spiro atoms. The summed E-state index contributed by atoms with van der Waals surface area (Å²) in [5.41, 5.74) is 2.38. The lowest BCUT2D eigenvalue weighted by atomic mass is 10.1. The molecule has 0 atom stereocenters. The molecule has 5 nitrogen and oxygen atoms in total. The Morgan fingerprint density at radius 2 is 1.96 bits per heavy atom. The van der Waals surface area contributed by atoms with Crippen LogP contribution in [0.2, 0.25) is 0 Å². The van der Waals surface area contributed by atoms with E-state index < -0.39 is 0 Å². The normalized spacial score (nSPS) is 11.1. The van der Waals surface area contributed by atoms with E-state index in [0.717, 1.165) is 15.2 Å². The number of ether oxygens (including phenoxy) is 1. The fourth-order valence-corrected chi connectivity index (χ4v) is 2.64. The predicted octanol–water partition coefficient (Wildman–Crippen LogP) is 4.49. The maximum absolute atomic E-state index is 11.7. The Hall–Kier alpha value is -2.12. The third kappa shape index (κ3) is 4.24. The van der Waals surface area contributed by atoms with Crippen LogP contribution in [0, 0.1) is 0 Å². The molecule has 1 amide bonds. The number of halogens is 2. The summed E-state index contributed by atoms with van der Waals surface area (Å²) in [6.07, 6.45) is 1.41. The van der Waals surface area contributed by atoms with Gasteiger partial charge >= 0.3 is 0 Å². The number of rotatable bonds is 5. The molecular formula is C17H12Br2N2O3. The van der Waals surface area contributed by atoms with Crippen molar-refractivity contribution in [3.63, 3.8) is 0 Å². The minimum absolute atomic E-state index is 0.124. The zero-order valence-electron chi connectivity index (χ0n) is 12.3. The summed E-state index contributed by atoms with van der Waals surface area (Å²) in [6.45, 7) is -0.124. The Labute approximate surface area is 154 Å². The zero-order chi connectivity index (χ0) is 16.9. The molecule has 3 aromatic rings. The largest absolute Gasteiger partial charge is 0.484 e. The number of hydrogen-bond donors (Lipinski definition) is 1. The number of nitrogens with one attached hydrogen (secondary N) is 1. The van der Waals surface area contributed by atoms with Crippen molar-refractivity contribution in [2.45, 2.75) is 0 Å². The van der Waals surface area contributed by atoms with Gasteiger partial charge in [0.25, 0.3) is 5.91 Å². The van der Waals surface area contributed by atoms with Crippen molar-refractivity contribution >= 4 is 54.8 Å². The van der Waals surface area contributed by atoms with Gasteiger partial charge in [-0.2, -0.15) is 5.10 Å². The minimum atomic E-state index is -0.357. The molecule has 0 radical (unpaired) electrons. The second kappa shape index (κ2) is 7.63. The van der Waals surface area contributed by atoms with Crippen molar-refractivity contribution in [1.82, 2.24) is 5.43 Å². The van der Waals surface area contributed by atoms with Crippen LogP contribution in [0.15, 0.2) is 67.2 Å².